The van der Waals surface area contributed by atoms with Gasteiger partial charge in [0, 0.05) is 24.7 Å². The predicted octanol–water partition coefficient (Wildman–Crippen LogP) is 2.74. The van der Waals surface area contributed by atoms with E-state index < -0.39 is 0 Å². The van der Waals surface area contributed by atoms with Crippen molar-refractivity contribution in [3.63, 3.8) is 0 Å². The number of hydrogen-bond acceptors (Lipinski definition) is 4. The molecule has 3 rings (SSSR count). The number of benzene rings is 1. The third kappa shape index (κ3) is 5.59. The van der Waals surface area contributed by atoms with E-state index in [4.69, 9.17) is 9.47 Å². The molecule has 2 aliphatic heterocycles. The molecular formula is C21H33N3O3. The Hall–Kier alpha value is -1.79. The van der Waals surface area contributed by atoms with Crippen LogP contribution in [-0.2, 0) is 4.74 Å². The van der Waals surface area contributed by atoms with Gasteiger partial charge in [-0.05, 0) is 63.3 Å². The van der Waals surface area contributed by atoms with Gasteiger partial charge in [0.05, 0.1) is 20.3 Å². The molecule has 2 fully saturated rings. The summed E-state index contributed by atoms with van der Waals surface area (Å²) in [5, 5.41) is 6.86. The van der Waals surface area contributed by atoms with Crippen LogP contribution < -0.4 is 15.4 Å². The number of methoxy groups -OCH3 is 1. The Kier molecular flexibility index (Phi) is 6.60. The second-order valence-electron chi connectivity index (χ2n) is 8.26. The van der Waals surface area contributed by atoms with E-state index in [1.807, 2.05) is 17.0 Å². The van der Waals surface area contributed by atoms with Crippen molar-refractivity contribution in [3.05, 3.63) is 29.8 Å². The lowest BCUT2D eigenvalue weighted by molar-refractivity contribution is 0.0510. The molecule has 2 heterocycles. The van der Waals surface area contributed by atoms with Gasteiger partial charge < -0.3 is 25.0 Å². The van der Waals surface area contributed by atoms with Gasteiger partial charge in [0.25, 0.3) is 0 Å². The summed E-state index contributed by atoms with van der Waals surface area (Å²) in [5.41, 5.74) is 1.12. The fraction of sp³-hybridized carbons (Fsp3) is 0.667. The van der Waals surface area contributed by atoms with Crippen LogP contribution in [0.15, 0.2) is 24.3 Å². The minimum absolute atomic E-state index is 0.0193. The molecule has 2 aliphatic rings. The fourth-order valence-corrected chi connectivity index (χ4v) is 4.14. The zero-order chi connectivity index (χ0) is 19.3. The van der Waals surface area contributed by atoms with E-state index in [9.17, 15) is 4.79 Å². The first-order valence-corrected chi connectivity index (χ1v) is 9.99. The maximum atomic E-state index is 12.5. The van der Waals surface area contributed by atoms with Crippen LogP contribution in [0.5, 0.6) is 5.75 Å². The third-order valence-corrected chi connectivity index (χ3v) is 5.58. The molecule has 0 radical (unpaired) electrons. The molecule has 2 atom stereocenters. The van der Waals surface area contributed by atoms with Gasteiger partial charge in [-0.15, -0.1) is 0 Å². The SMILES string of the molecule is COc1ccc(C2CCN[C@H](CC(C)(C)NC(=O)N3CCOCC3)C2)cc1. The van der Waals surface area contributed by atoms with Gasteiger partial charge >= 0.3 is 6.03 Å². The molecule has 0 bridgehead atoms. The zero-order valence-corrected chi connectivity index (χ0v) is 16.8. The van der Waals surface area contributed by atoms with Crippen LogP contribution in [0.25, 0.3) is 0 Å². The molecule has 0 aliphatic carbocycles. The van der Waals surface area contributed by atoms with Gasteiger partial charge in [0.15, 0.2) is 0 Å². The second kappa shape index (κ2) is 8.93. The van der Waals surface area contributed by atoms with Crippen molar-refractivity contribution in [2.75, 3.05) is 40.0 Å². The molecule has 6 heteroatoms. The molecule has 0 saturated carbocycles. The van der Waals surface area contributed by atoms with E-state index >= 15 is 0 Å². The fourth-order valence-electron chi connectivity index (χ4n) is 4.14. The summed E-state index contributed by atoms with van der Waals surface area (Å²) in [6.07, 6.45) is 3.14. The number of rotatable bonds is 5. The molecule has 2 saturated heterocycles. The highest BCUT2D eigenvalue weighted by Crippen LogP contribution is 2.31. The molecule has 0 spiro atoms. The molecule has 0 aromatic heterocycles. The average Bonchev–Trinajstić information content (AvgIpc) is 2.68. The molecule has 2 amide bonds. The third-order valence-electron chi connectivity index (χ3n) is 5.58. The highest BCUT2D eigenvalue weighted by molar-refractivity contribution is 5.75. The molecule has 1 aromatic rings. The van der Waals surface area contributed by atoms with Gasteiger partial charge in [-0.25, -0.2) is 4.79 Å². The molecule has 6 nitrogen and oxygen atoms in total. The van der Waals surface area contributed by atoms with E-state index in [1.165, 1.54) is 5.56 Å². The lowest BCUT2D eigenvalue weighted by Crippen LogP contribution is -2.55. The Balaban J connectivity index is 1.54. The Morgan fingerprint density at radius 1 is 1.30 bits per heavy atom. The molecule has 1 aromatic carbocycles. The van der Waals surface area contributed by atoms with Gasteiger partial charge in [-0.2, -0.15) is 0 Å². The van der Waals surface area contributed by atoms with Crippen molar-refractivity contribution in [1.82, 2.24) is 15.5 Å². The Bertz CT molecular complexity index is 612. The van der Waals surface area contributed by atoms with Crippen LogP contribution in [0.3, 0.4) is 0 Å². The predicted molar refractivity (Wildman–Crippen MR) is 106 cm³/mol. The summed E-state index contributed by atoms with van der Waals surface area (Å²) in [6, 6.07) is 8.85. The number of carbonyl (C=O) groups is 1. The number of nitrogens with zero attached hydrogens (tertiary/aromatic N) is 1. The lowest BCUT2D eigenvalue weighted by atomic mass is 9.82. The zero-order valence-electron chi connectivity index (χ0n) is 16.8. The first kappa shape index (κ1) is 20.0. The molecule has 2 N–H and O–H groups in total. The van der Waals surface area contributed by atoms with E-state index in [0.29, 0.717) is 38.3 Å². The maximum Gasteiger partial charge on any atom is 0.317 e. The number of ether oxygens (including phenoxy) is 2. The minimum Gasteiger partial charge on any atom is -0.497 e. The van der Waals surface area contributed by atoms with E-state index in [2.05, 4.69) is 36.6 Å². The summed E-state index contributed by atoms with van der Waals surface area (Å²) in [4.78, 5) is 14.4. The van der Waals surface area contributed by atoms with E-state index in [1.54, 1.807) is 7.11 Å². The van der Waals surface area contributed by atoms with Crippen LogP contribution >= 0.6 is 0 Å². The minimum atomic E-state index is -0.255. The largest absolute Gasteiger partial charge is 0.497 e. The summed E-state index contributed by atoms with van der Waals surface area (Å²) < 4.78 is 10.6. The number of amides is 2. The van der Waals surface area contributed by atoms with Crippen molar-refractivity contribution in [1.29, 1.82) is 0 Å². The van der Waals surface area contributed by atoms with Crippen molar-refractivity contribution in [2.24, 2.45) is 0 Å². The lowest BCUT2D eigenvalue weighted by Gasteiger charge is -2.38. The number of morpholine rings is 1. The number of piperidine rings is 1. The Labute approximate surface area is 162 Å². The highest BCUT2D eigenvalue weighted by atomic mass is 16.5. The maximum absolute atomic E-state index is 12.5. The van der Waals surface area contributed by atoms with Crippen molar-refractivity contribution in [2.45, 2.75) is 50.6 Å². The number of nitrogens with one attached hydrogen (secondary N) is 2. The Morgan fingerprint density at radius 3 is 2.67 bits per heavy atom. The van der Waals surface area contributed by atoms with Crippen LogP contribution in [0.1, 0.15) is 44.6 Å². The van der Waals surface area contributed by atoms with Crippen molar-refractivity contribution >= 4 is 6.03 Å². The Morgan fingerprint density at radius 2 is 2.00 bits per heavy atom. The highest BCUT2D eigenvalue weighted by Gasteiger charge is 2.31. The number of hydrogen-bond donors (Lipinski definition) is 2. The summed E-state index contributed by atoms with van der Waals surface area (Å²) in [6.45, 7) is 7.83. The molecule has 27 heavy (non-hydrogen) atoms. The summed E-state index contributed by atoms with van der Waals surface area (Å²) >= 11 is 0. The second-order valence-corrected chi connectivity index (χ2v) is 8.26. The van der Waals surface area contributed by atoms with Crippen molar-refractivity contribution < 1.29 is 14.3 Å². The van der Waals surface area contributed by atoms with Gasteiger partial charge in [0.1, 0.15) is 5.75 Å². The molecular weight excluding hydrogens is 342 g/mol. The number of carbonyl (C=O) groups excluding carboxylic acids is 1. The summed E-state index contributed by atoms with van der Waals surface area (Å²) in [7, 11) is 1.70. The smallest absolute Gasteiger partial charge is 0.317 e. The monoisotopic (exact) mass is 375 g/mol. The van der Waals surface area contributed by atoms with Crippen molar-refractivity contribution in [3.8, 4) is 5.75 Å². The van der Waals surface area contributed by atoms with Gasteiger partial charge in [-0.3, -0.25) is 0 Å². The number of urea groups is 1. The summed E-state index contributed by atoms with van der Waals surface area (Å²) in [5.74, 6) is 1.45. The van der Waals surface area contributed by atoms with E-state index in [0.717, 1.165) is 31.6 Å². The van der Waals surface area contributed by atoms with Crippen LogP contribution in [0.4, 0.5) is 4.79 Å². The van der Waals surface area contributed by atoms with Crippen LogP contribution in [0.2, 0.25) is 0 Å². The first-order chi connectivity index (χ1) is 13.0. The topological polar surface area (TPSA) is 62.8 Å². The molecule has 150 valence electrons. The van der Waals surface area contributed by atoms with Gasteiger partial charge in [0.2, 0.25) is 0 Å². The van der Waals surface area contributed by atoms with Crippen LogP contribution in [-0.4, -0.2) is 62.5 Å². The average molecular weight is 376 g/mol. The standard InChI is InChI=1S/C21H33N3O3/c1-21(2,23-20(25)24-10-12-27-13-11-24)15-18-14-17(8-9-22-18)16-4-6-19(26-3)7-5-16/h4-7,17-18,22H,8-15H2,1-3H3,(H,23,25)/t17?,18-/m0/s1. The quantitative estimate of drug-likeness (QED) is 0.831. The first-order valence-electron chi connectivity index (χ1n) is 9.99. The molecule has 1 unspecified atom stereocenters. The van der Waals surface area contributed by atoms with Crippen LogP contribution in [0, 0.1) is 0 Å². The van der Waals surface area contributed by atoms with Gasteiger partial charge in [-0.1, -0.05) is 12.1 Å². The normalized spacial score (nSPS) is 23.7. The van der Waals surface area contributed by atoms with E-state index in [-0.39, 0.29) is 11.6 Å².